The van der Waals surface area contributed by atoms with E-state index in [1.807, 2.05) is 0 Å². The van der Waals surface area contributed by atoms with Crippen LogP contribution in [0, 0.1) is 0 Å². The van der Waals surface area contributed by atoms with Crippen LogP contribution in [0.5, 0.6) is 0 Å². The molecule has 2 heterocycles. The smallest absolute Gasteiger partial charge is 0.193 e. The Morgan fingerprint density at radius 3 is 2.65 bits per heavy atom. The molecule has 144 valence electrons. The van der Waals surface area contributed by atoms with Crippen LogP contribution in [0.1, 0.15) is 44.1 Å². The number of nitrogens with zero attached hydrogens (tertiary/aromatic N) is 3. The minimum Gasteiger partial charge on any atom is -0.393 e. The molecule has 0 aliphatic carbocycles. The molecule has 26 heavy (non-hydrogen) atoms. The lowest BCUT2D eigenvalue weighted by atomic mass is 9.99. The predicted molar refractivity (Wildman–Crippen MR) is 108 cm³/mol. The monoisotopic (exact) mass is 358 g/mol. The largest absolute Gasteiger partial charge is 0.393 e. The Morgan fingerprint density at radius 2 is 1.92 bits per heavy atom. The molecular weight excluding hydrogens is 324 g/mol. The summed E-state index contributed by atoms with van der Waals surface area (Å²) in [4.78, 5) is 9.75. The molecule has 2 saturated heterocycles. The van der Waals surface area contributed by atoms with Crippen LogP contribution in [-0.2, 0) is 0 Å². The molecule has 0 saturated carbocycles. The molecule has 2 aliphatic rings. The summed E-state index contributed by atoms with van der Waals surface area (Å²) in [6.07, 6.45) is 4.03. The van der Waals surface area contributed by atoms with E-state index in [1.54, 1.807) is 0 Å². The summed E-state index contributed by atoms with van der Waals surface area (Å²) in [7, 11) is 0. The van der Waals surface area contributed by atoms with Crippen molar-refractivity contribution in [3.05, 3.63) is 35.9 Å². The average molecular weight is 359 g/mol. The van der Waals surface area contributed by atoms with Crippen molar-refractivity contribution in [2.24, 2.45) is 4.99 Å². The van der Waals surface area contributed by atoms with Crippen molar-refractivity contribution in [2.45, 2.75) is 44.6 Å². The standard InChI is InChI=1S/C21H34N4O/c1-2-22-21(23-12-6-13-24-14-10-20(26)11-15-24)25-16-9-19(17-25)18-7-4-3-5-8-18/h3-5,7-8,19-20,26H,2,6,9-17H2,1H3,(H,22,23). The lowest BCUT2D eigenvalue weighted by molar-refractivity contribution is 0.0824. The summed E-state index contributed by atoms with van der Waals surface area (Å²) < 4.78 is 0. The Labute approximate surface area is 158 Å². The lowest BCUT2D eigenvalue weighted by Gasteiger charge is -2.29. The SMILES string of the molecule is CCNC(=NCCCN1CCC(O)CC1)N1CCC(c2ccccc2)C1. The van der Waals surface area contributed by atoms with Gasteiger partial charge in [0.15, 0.2) is 5.96 Å². The van der Waals surface area contributed by atoms with Gasteiger partial charge in [-0.25, -0.2) is 0 Å². The van der Waals surface area contributed by atoms with Crippen LogP contribution in [-0.4, -0.2) is 72.8 Å². The van der Waals surface area contributed by atoms with Gasteiger partial charge in [0.1, 0.15) is 0 Å². The Kier molecular flexibility index (Phi) is 7.32. The van der Waals surface area contributed by atoms with Gasteiger partial charge in [-0.05, 0) is 44.7 Å². The predicted octanol–water partition coefficient (Wildman–Crippen LogP) is 2.29. The first-order valence-electron chi connectivity index (χ1n) is 10.2. The van der Waals surface area contributed by atoms with Crippen LogP contribution < -0.4 is 5.32 Å². The van der Waals surface area contributed by atoms with Crippen LogP contribution in [0.4, 0.5) is 0 Å². The number of aliphatic imine (C=N–C) groups is 1. The van der Waals surface area contributed by atoms with Gasteiger partial charge >= 0.3 is 0 Å². The summed E-state index contributed by atoms with van der Waals surface area (Å²) in [5.74, 6) is 1.68. The van der Waals surface area contributed by atoms with E-state index in [-0.39, 0.29) is 6.10 Å². The molecule has 0 bridgehead atoms. The molecule has 0 radical (unpaired) electrons. The van der Waals surface area contributed by atoms with Gasteiger partial charge in [-0.3, -0.25) is 4.99 Å². The van der Waals surface area contributed by atoms with Crippen LogP contribution in [0.15, 0.2) is 35.3 Å². The fourth-order valence-corrected chi connectivity index (χ4v) is 4.00. The maximum atomic E-state index is 9.59. The molecule has 5 heteroatoms. The normalized spacial score (nSPS) is 22.8. The number of aliphatic hydroxyl groups is 1. The van der Waals surface area contributed by atoms with E-state index in [9.17, 15) is 5.11 Å². The second-order valence-corrected chi connectivity index (χ2v) is 7.50. The molecule has 1 atom stereocenters. The van der Waals surface area contributed by atoms with Crippen molar-refractivity contribution in [2.75, 3.05) is 45.8 Å². The van der Waals surface area contributed by atoms with E-state index >= 15 is 0 Å². The van der Waals surface area contributed by atoms with E-state index in [0.29, 0.717) is 5.92 Å². The van der Waals surface area contributed by atoms with Crippen LogP contribution in [0.25, 0.3) is 0 Å². The van der Waals surface area contributed by atoms with E-state index in [0.717, 1.165) is 71.0 Å². The molecule has 2 aliphatic heterocycles. The zero-order valence-corrected chi connectivity index (χ0v) is 16.1. The van der Waals surface area contributed by atoms with Gasteiger partial charge in [-0.1, -0.05) is 30.3 Å². The van der Waals surface area contributed by atoms with Crippen molar-refractivity contribution < 1.29 is 5.11 Å². The summed E-state index contributed by atoms with van der Waals surface area (Å²) in [5.41, 5.74) is 1.44. The lowest BCUT2D eigenvalue weighted by Crippen LogP contribution is -2.40. The molecule has 2 N–H and O–H groups in total. The van der Waals surface area contributed by atoms with Crippen LogP contribution in [0.2, 0.25) is 0 Å². The summed E-state index contributed by atoms with van der Waals surface area (Å²) >= 11 is 0. The molecule has 3 rings (SSSR count). The van der Waals surface area contributed by atoms with Crippen molar-refractivity contribution in [1.82, 2.24) is 15.1 Å². The first-order chi connectivity index (χ1) is 12.8. The van der Waals surface area contributed by atoms with E-state index in [2.05, 4.69) is 52.4 Å². The number of rotatable bonds is 6. The molecular formula is C21H34N4O. The highest BCUT2D eigenvalue weighted by atomic mass is 16.3. The molecule has 0 aromatic heterocycles. The second-order valence-electron chi connectivity index (χ2n) is 7.50. The van der Waals surface area contributed by atoms with E-state index < -0.39 is 0 Å². The number of likely N-dealkylation sites (tertiary alicyclic amines) is 2. The number of benzene rings is 1. The van der Waals surface area contributed by atoms with Gasteiger partial charge in [0.05, 0.1) is 6.10 Å². The number of piperidine rings is 1. The molecule has 2 fully saturated rings. The molecule has 0 spiro atoms. The zero-order valence-electron chi connectivity index (χ0n) is 16.1. The van der Waals surface area contributed by atoms with Gasteiger partial charge in [0.25, 0.3) is 0 Å². The van der Waals surface area contributed by atoms with Crippen LogP contribution in [0.3, 0.4) is 0 Å². The van der Waals surface area contributed by atoms with Gasteiger partial charge in [-0.15, -0.1) is 0 Å². The van der Waals surface area contributed by atoms with Crippen molar-refractivity contribution in [1.29, 1.82) is 0 Å². The van der Waals surface area contributed by atoms with Crippen LogP contribution >= 0.6 is 0 Å². The van der Waals surface area contributed by atoms with E-state index in [1.165, 1.54) is 12.0 Å². The summed E-state index contributed by atoms with van der Waals surface area (Å²) in [6, 6.07) is 10.8. The minimum absolute atomic E-state index is 0.0858. The van der Waals surface area contributed by atoms with E-state index in [4.69, 9.17) is 4.99 Å². The first-order valence-corrected chi connectivity index (χ1v) is 10.2. The Morgan fingerprint density at radius 1 is 1.15 bits per heavy atom. The third-order valence-corrected chi connectivity index (χ3v) is 5.54. The number of nitrogens with one attached hydrogen (secondary N) is 1. The Bertz CT molecular complexity index is 554. The maximum absolute atomic E-state index is 9.59. The molecule has 1 aromatic carbocycles. The quantitative estimate of drug-likeness (QED) is 0.465. The van der Waals surface area contributed by atoms with Crippen molar-refractivity contribution in [3.8, 4) is 0 Å². The van der Waals surface area contributed by atoms with Gasteiger partial charge < -0.3 is 20.2 Å². The Balaban J connectivity index is 1.46. The topological polar surface area (TPSA) is 51.1 Å². The number of hydrogen-bond acceptors (Lipinski definition) is 3. The molecule has 1 unspecified atom stereocenters. The first kappa shape index (κ1) is 19.2. The fourth-order valence-electron chi connectivity index (χ4n) is 4.00. The summed E-state index contributed by atoms with van der Waals surface area (Å²) in [5, 5.41) is 13.1. The third kappa shape index (κ3) is 5.45. The Hall–Kier alpha value is -1.59. The summed E-state index contributed by atoms with van der Waals surface area (Å²) in [6.45, 7) is 9.19. The minimum atomic E-state index is -0.0858. The van der Waals surface area contributed by atoms with Gasteiger partial charge in [0.2, 0.25) is 0 Å². The molecule has 5 nitrogen and oxygen atoms in total. The third-order valence-electron chi connectivity index (χ3n) is 5.54. The number of aliphatic hydroxyl groups excluding tert-OH is 1. The number of hydrogen-bond donors (Lipinski definition) is 2. The molecule has 0 amide bonds. The molecule has 1 aromatic rings. The van der Waals surface area contributed by atoms with Crippen molar-refractivity contribution >= 4 is 5.96 Å². The highest BCUT2D eigenvalue weighted by molar-refractivity contribution is 5.80. The van der Waals surface area contributed by atoms with Gasteiger partial charge in [-0.2, -0.15) is 0 Å². The average Bonchev–Trinajstić information content (AvgIpc) is 3.16. The zero-order chi connectivity index (χ0) is 18.2. The highest BCUT2D eigenvalue weighted by Gasteiger charge is 2.25. The maximum Gasteiger partial charge on any atom is 0.193 e. The number of guanidine groups is 1. The highest BCUT2D eigenvalue weighted by Crippen LogP contribution is 2.26. The van der Waals surface area contributed by atoms with Gasteiger partial charge in [0, 0.05) is 45.2 Å². The fraction of sp³-hybridized carbons (Fsp3) is 0.667. The van der Waals surface area contributed by atoms with Crippen molar-refractivity contribution in [3.63, 3.8) is 0 Å². The second kappa shape index (κ2) is 9.93.